The molecule has 0 spiro atoms. The summed E-state index contributed by atoms with van der Waals surface area (Å²) >= 11 is 3.47. The lowest BCUT2D eigenvalue weighted by Crippen LogP contribution is -2.02. The van der Waals surface area contributed by atoms with E-state index in [1.165, 1.54) is 0 Å². The Morgan fingerprint density at radius 1 is 1.36 bits per heavy atom. The first-order valence-corrected chi connectivity index (χ1v) is 4.99. The van der Waals surface area contributed by atoms with E-state index in [1.807, 2.05) is 26.0 Å². The molecule has 0 saturated carbocycles. The second-order valence-corrected chi connectivity index (χ2v) is 3.77. The van der Waals surface area contributed by atoms with Crippen LogP contribution in [0.1, 0.15) is 11.4 Å². The molecule has 0 atom stereocenters. The highest BCUT2D eigenvalue weighted by molar-refractivity contribution is 9.10. The summed E-state index contributed by atoms with van der Waals surface area (Å²) in [5.74, 6) is 0.735. The van der Waals surface area contributed by atoms with Gasteiger partial charge >= 0.3 is 0 Å². The van der Waals surface area contributed by atoms with Gasteiger partial charge in [-0.15, -0.1) is 5.10 Å². The Bertz CT molecular complexity index is 449. The van der Waals surface area contributed by atoms with E-state index in [9.17, 15) is 0 Å². The summed E-state index contributed by atoms with van der Waals surface area (Å²) < 4.78 is 2.79. The number of halogens is 1. The zero-order chi connectivity index (χ0) is 10.1. The van der Waals surface area contributed by atoms with Crippen LogP contribution in [0.15, 0.2) is 22.8 Å². The van der Waals surface area contributed by atoms with E-state index < -0.39 is 0 Å². The molecule has 0 aliphatic carbocycles. The molecular weight excluding hydrogens is 244 g/mol. The fourth-order valence-corrected chi connectivity index (χ4v) is 1.50. The molecule has 14 heavy (non-hydrogen) atoms. The minimum atomic E-state index is 0.735. The van der Waals surface area contributed by atoms with Crippen LogP contribution in [0.5, 0.6) is 0 Å². The van der Waals surface area contributed by atoms with Crippen LogP contribution < -0.4 is 0 Å². The number of hydrogen-bond donors (Lipinski definition) is 0. The Balaban J connectivity index is 2.58. The van der Waals surface area contributed by atoms with Crippen LogP contribution in [-0.2, 0) is 0 Å². The van der Waals surface area contributed by atoms with E-state index in [4.69, 9.17) is 0 Å². The van der Waals surface area contributed by atoms with Crippen molar-refractivity contribution in [3.63, 3.8) is 0 Å². The molecule has 0 aliphatic heterocycles. The van der Waals surface area contributed by atoms with Crippen LogP contribution in [0.25, 0.3) is 5.82 Å². The third-order valence-corrected chi connectivity index (χ3v) is 3.13. The van der Waals surface area contributed by atoms with Crippen molar-refractivity contribution in [2.24, 2.45) is 0 Å². The number of hydrogen-bond acceptors (Lipinski definition) is 3. The molecule has 4 nitrogen and oxygen atoms in total. The minimum Gasteiger partial charge on any atom is -0.216 e. The van der Waals surface area contributed by atoms with Gasteiger partial charge in [0, 0.05) is 6.20 Å². The highest BCUT2D eigenvalue weighted by atomic mass is 79.9. The molecule has 0 radical (unpaired) electrons. The summed E-state index contributed by atoms with van der Waals surface area (Å²) in [6.07, 6.45) is 1.64. The molecule has 0 bridgehead atoms. The molecule has 0 amide bonds. The SMILES string of the molecule is Cc1nn(-c2cccnn2)c(C)c1Br. The van der Waals surface area contributed by atoms with Crippen LogP contribution in [0.4, 0.5) is 0 Å². The van der Waals surface area contributed by atoms with Gasteiger partial charge in [0.1, 0.15) is 0 Å². The predicted octanol–water partition coefficient (Wildman–Crippen LogP) is 2.04. The average molecular weight is 253 g/mol. The standard InChI is InChI=1S/C9H9BrN4/c1-6-9(10)7(2)14(13-6)8-4-3-5-11-12-8/h3-5H,1-2H3. The van der Waals surface area contributed by atoms with Crippen molar-refractivity contribution in [3.05, 3.63) is 34.2 Å². The molecule has 2 heterocycles. The molecule has 0 saturated heterocycles. The van der Waals surface area contributed by atoms with Gasteiger partial charge in [-0.3, -0.25) is 0 Å². The lowest BCUT2D eigenvalue weighted by Gasteiger charge is -2.00. The Kier molecular flexibility index (Phi) is 2.33. The van der Waals surface area contributed by atoms with Crippen molar-refractivity contribution >= 4 is 15.9 Å². The van der Waals surface area contributed by atoms with Crippen molar-refractivity contribution in [3.8, 4) is 5.82 Å². The Morgan fingerprint density at radius 3 is 2.64 bits per heavy atom. The number of nitrogens with zero attached hydrogens (tertiary/aromatic N) is 4. The van der Waals surface area contributed by atoms with Crippen LogP contribution in [0.2, 0.25) is 0 Å². The first-order valence-electron chi connectivity index (χ1n) is 4.20. The zero-order valence-corrected chi connectivity index (χ0v) is 9.48. The first kappa shape index (κ1) is 9.33. The van der Waals surface area contributed by atoms with Crippen molar-refractivity contribution in [1.29, 1.82) is 0 Å². The number of rotatable bonds is 1. The molecule has 0 aliphatic rings. The van der Waals surface area contributed by atoms with Crippen molar-refractivity contribution in [2.45, 2.75) is 13.8 Å². The number of aryl methyl sites for hydroxylation is 1. The fraction of sp³-hybridized carbons (Fsp3) is 0.222. The highest BCUT2D eigenvalue weighted by Gasteiger charge is 2.10. The van der Waals surface area contributed by atoms with Gasteiger partial charge in [0.15, 0.2) is 5.82 Å². The summed E-state index contributed by atoms with van der Waals surface area (Å²) in [7, 11) is 0. The maximum atomic E-state index is 4.35. The molecule has 2 aromatic heterocycles. The van der Waals surface area contributed by atoms with E-state index in [0.717, 1.165) is 21.7 Å². The Morgan fingerprint density at radius 2 is 2.14 bits per heavy atom. The topological polar surface area (TPSA) is 43.6 Å². The van der Waals surface area contributed by atoms with Gasteiger partial charge in [0.2, 0.25) is 0 Å². The predicted molar refractivity (Wildman–Crippen MR) is 56.3 cm³/mol. The van der Waals surface area contributed by atoms with E-state index >= 15 is 0 Å². The van der Waals surface area contributed by atoms with Crippen LogP contribution >= 0.6 is 15.9 Å². The maximum absolute atomic E-state index is 4.35. The third kappa shape index (κ3) is 1.43. The largest absolute Gasteiger partial charge is 0.216 e. The summed E-state index contributed by atoms with van der Waals surface area (Å²) in [6.45, 7) is 3.93. The van der Waals surface area contributed by atoms with E-state index in [-0.39, 0.29) is 0 Å². The van der Waals surface area contributed by atoms with Gasteiger partial charge in [0.05, 0.1) is 15.9 Å². The van der Waals surface area contributed by atoms with E-state index in [2.05, 4.69) is 31.2 Å². The highest BCUT2D eigenvalue weighted by Crippen LogP contribution is 2.21. The molecule has 0 fully saturated rings. The summed E-state index contributed by atoms with van der Waals surface area (Å²) in [5.41, 5.74) is 1.98. The normalized spacial score (nSPS) is 10.5. The Hall–Kier alpha value is -1.23. The molecule has 0 N–H and O–H groups in total. The smallest absolute Gasteiger partial charge is 0.175 e. The molecule has 2 rings (SSSR count). The first-order chi connectivity index (χ1) is 6.70. The zero-order valence-electron chi connectivity index (χ0n) is 7.90. The molecule has 0 aromatic carbocycles. The molecular formula is C9H9BrN4. The molecule has 0 unspecified atom stereocenters. The monoisotopic (exact) mass is 252 g/mol. The van der Waals surface area contributed by atoms with Crippen LogP contribution in [-0.4, -0.2) is 20.0 Å². The van der Waals surface area contributed by atoms with Gasteiger partial charge in [-0.1, -0.05) is 0 Å². The van der Waals surface area contributed by atoms with Gasteiger partial charge in [0.25, 0.3) is 0 Å². The molecule has 2 aromatic rings. The molecule has 5 heteroatoms. The van der Waals surface area contributed by atoms with Gasteiger partial charge in [-0.2, -0.15) is 10.2 Å². The maximum Gasteiger partial charge on any atom is 0.175 e. The quantitative estimate of drug-likeness (QED) is 0.781. The van der Waals surface area contributed by atoms with Crippen molar-refractivity contribution < 1.29 is 0 Å². The van der Waals surface area contributed by atoms with E-state index in [0.29, 0.717) is 0 Å². The lowest BCUT2D eigenvalue weighted by atomic mass is 10.4. The van der Waals surface area contributed by atoms with Crippen molar-refractivity contribution in [1.82, 2.24) is 20.0 Å². The van der Waals surface area contributed by atoms with E-state index in [1.54, 1.807) is 10.9 Å². The van der Waals surface area contributed by atoms with Gasteiger partial charge in [-0.25, -0.2) is 4.68 Å². The van der Waals surface area contributed by atoms with Crippen LogP contribution in [0.3, 0.4) is 0 Å². The lowest BCUT2D eigenvalue weighted by molar-refractivity contribution is 0.781. The van der Waals surface area contributed by atoms with Gasteiger partial charge in [-0.05, 0) is 41.9 Å². The molecule has 72 valence electrons. The second kappa shape index (κ2) is 3.49. The summed E-state index contributed by atoms with van der Waals surface area (Å²) in [4.78, 5) is 0. The fourth-order valence-electron chi connectivity index (χ4n) is 1.25. The number of aromatic nitrogens is 4. The summed E-state index contributed by atoms with van der Waals surface area (Å²) in [5, 5.41) is 12.2. The Labute approximate surface area is 90.1 Å². The second-order valence-electron chi connectivity index (χ2n) is 2.98. The average Bonchev–Trinajstić information content (AvgIpc) is 2.47. The third-order valence-electron chi connectivity index (χ3n) is 1.98. The minimum absolute atomic E-state index is 0.735. The van der Waals surface area contributed by atoms with Crippen LogP contribution in [0, 0.1) is 13.8 Å². The van der Waals surface area contributed by atoms with Crippen molar-refractivity contribution in [2.75, 3.05) is 0 Å². The van der Waals surface area contributed by atoms with Gasteiger partial charge < -0.3 is 0 Å². The summed E-state index contributed by atoms with van der Waals surface area (Å²) in [6, 6.07) is 3.71.